The van der Waals surface area contributed by atoms with E-state index in [2.05, 4.69) is 36.3 Å². The number of carbonyl (C=O) groups is 3. The zero-order valence-electron chi connectivity index (χ0n) is 24.2. The summed E-state index contributed by atoms with van der Waals surface area (Å²) in [6, 6.07) is 16.5. The van der Waals surface area contributed by atoms with Crippen LogP contribution >= 0.6 is 11.8 Å². The third-order valence-corrected chi connectivity index (χ3v) is 11.2. The fourth-order valence-electron chi connectivity index (χ4n) is 7.23. The van der Waals surface area contributed by atoms with Crippen LogP contribution in [0, 0.1) is 17.8 Å². The molecule has 3 fully saturated rings. The van der Waals surface area contributed by atoms with E-state index in [1.165, 1.54) is 0 Å². The topological polar surface area (TPSA) is 102 Å². The summed E-state index contributed by atoms with van der Waals surface area (Å²) in [5.41, 5.74) is 2.50. The second-order valence-corrected chi connectivity index (χ2v) is 13.0. The summed E-state index contributed by atoms with van der Waals surface area (Å²) in [4.78, 5) is 46.0. The number of nitrogens with zero attached hydrogens (tertiary/aromatic N) is 2. The molecule has 0 radical (unpaired) electrons. The van der Waals surface area contributed by atoms with Crippen molar-refractivity contribution in [1.82, 2.24) is 4.90 Å². The number of thioether (sulfide) groups is 1. The summed E-state index contributed by atoms with van der Waals surface area (Å²) >= 11 is 1.68. The van der Waals surface area contributed by atoms with Crippen molar-refractivity contribution in [1.29, 1.82) is 0 Å². The number of aliphatic hydroxyl groups is 1. The van der Waals surface area contributed by atoms with Crippen molar-refractivity contribution in [2.75, 3.05) is 41.8 Å². The van der Waals surface area contributed by atoms with Gasteiger partial charge in [-0.05, 0) is 81.8 Å². The maximum atomic E-state index is 14.2. The molecule has 1 spiro atoms. The van der Waals surface area contributed by atoms with Gasteiger partial charge in [0.25, 0.3) is 0 Å². The van der Waals surface area contributed by atoms with Crippen molar-refractivity contribution in [3.8, 4) is 0 Å². The Morgan fingerprint density at radius 3 is 2.29 bits per heavy atom. The Balaban J connectivity index is 1.43. The van der Waals surface area contributed by atoms with Crippen molar-refractivity contribution < 1.29 is 19.5 Å². The van der Waals surface area contributed by atoms with Crippen LogP contribution in [0.5, 0.6) is 0 Å². The van der Waals surface area contributed by atoms with Crippen LogP contribution in [-0.4, -0.2) is 70.0 Å². The van der Waals surface area contributed by atoms with E-state index in [0.29, 0.717) is 30.8 Å². The Morgan fingerprint density at radius 2 is 1.63 bits per heavy atom. The van der Waals surface area contributed by atoms with Crippen LogP contribution in [0.15, 0.2) is 54.6 Å². The minimum atomic E-state index is -0.670. The SMILES string of the molecule is CCN(CC)c1ccc(NC(=O)C2N(CCCCCO)C(=O)[C@@H]3[C@H](C(=O)Nc4ccccc4)[C@@H]4CC(C)C23S4)cc1. The van der Waals surface area contributed by atoms with Gasteiger partial charge >= 0.3 is 0 Å². The van der Waals surface area contributed by atoms with Gasteiger partial charge in [0, 0.05) is 48.6 Å². The molecule has 3 saturated heterocycles. The van der Waals surface area contributed by atoms with Gasteiger partial charge in [0.15, 0.2) is 0 Å². The van der Waals surface area contributed by atoms with E-state index in [-0.39, 0.29) is 35.5 Å². The van der Waals surface area contributed by atoms with E-state index in [0.717, 1.165) is 31.6 Å². The molecule has 2 aromatic carbocycles. The molecule has 3 unspecified atom stereocenters. The van der Waals surface area contributed by atoms with Crippen molar-refractivity contribution in [3.63, 3.8) is 0 Å². The molecule has 3 aliphatic heterocycles. The number of aliphatic hydroxyl groups excluding tert-OH is 1. The van der Waals surface area contributed by atoms with Crippen LogP contribution in [0.3, 0.4) is 0 Å². The first-order valence-corrected chi connectivity index (χ1v) is 15.8. The first-order valence-electron chi connectivity index (χ1n) is 15.0. The molecule has 9 heteroatoms. The monoisotopic (exact) mass is 578 g/mol. The average Bonchev–Trinajstić information content (AvgIpc) is 3.56. The Morgan fingerprint density at radius 1 is 0.976 bits per heavy atom. The van der Waals surface area contributed by atoms with Gasteiger partial charge in [0.2, 0.25) is 17.7 Å². The normalized spacial score (nSPS) is 28.0. The van der Waals surface area contributed by atoms with Crippen LogP contribution in [0.1, 0.15) is 46.5 Å². The number of nitrogens with one attached hydrogen (secondary N) is 2. The molecular formula is C32H42N4O4S. The van der Waals surface area contributed by atoms with Gasteiger partial charge in [-0.2, -0.15) is 0 Å². The second-order valence-electron chi connectivity index (χ2n) is 11.4. The molecule has 3 amide bonds. The van der Waals surface area contributed by atoms with Crippen molar-refractivity contribution in [3.05, 3.63) is 54.6 Å². The number of likely N-dealkylation sites (tertiary alicyclic amines) is 1. The van der Waals surface area contributed by atoms with Crippen molar-refractivity contribution in [2.24, 2.45) is 17.8 Å². The van der Waals surface area contributed by atoms with E-state index in [1.807, 2.05) is 54.6 Å². The molecule has 0 saturated carbocycles. The van der Waals surface area contributed by atoms with Gasteiger partial charge in [0.05, 0.1) is 16.6 Å². The number of anilines is 3. The molecule has 0 aliphatic carbocycles. The minimum Gasteiger partial charge on any atom is -0.396 e. The van der Waals surface area contributed by atoms with E-state index >= 15 is 0 Å². The first kappa shape index (κ1) is 29.5. The van der Waals surface area contributed by atoms with Gasteiger partial charge < -0.3 is 25.5 Å². The quantitative estimate of drug-likeness (QED) is 0.318. The number of hydrogen-bond donors (Lipinski definition) is 3. The van der Waals surface area contributed by atoms with E-state index in [9.17, 15) is 19.5 Å². The molecule has 0 aromatic heterocycles. The highest BCUT2D eigenvalue weighted by Gasteiger charge is 2.75. The first-order chi connectivity index (χ1) is 19.8. The predicted octanol–water partition coefficient (Wildman–Crippen LogP) is 4.61. The number of amides is 3. The fraction of sp³-hybridized carbons (Fsp3) is 0.531. The zero-order chi connectivity index (χ0) is 29.1. The molecule has 3 N–H and O–H groups in total. The molecule has 3 aliphatic rings. The van der Waals surface area contributed by atoms with Gasteiger partial charge in [0.1, 0.15) is 6.04 Å². The lowest BCUT2D eigenvalue weighted by atomic mass is 9.66. The summed E-state index contributed by atoms with van der Waals surface area (Å²) in [5.74, 6) is -1.37. The second kappa shape index (κ2) is 12.4. The molecule has 2 bridgehead atoms. The van der Waals surface area contributed by atoms with Gasteiger partial charge in [-0.1, -0.05) is 25.1 Å². The highest BCUT2D eigenvalue weighted by molar-refractivity contribution is 8.02. The van der Waals surface area contributed by atoms with Crippen LogP contribution < -0.4 is 15.5 Å². The summed E-state index contributed by atoms with van der Waals surface area (Å²) in [5, 5.41) is 15.4. The molecule has 6 atom stereocenters. The van der Waals surface area contributed by atoms with Gasteiger partial charge in [-0.15, -0.1) is 11.8 Å². The smallest absolute Gasteiger partial charge is 0.248 e. The number of unbranched alkanes of at least 4 members (excludes halogenated alkanes) is 2. The van der Waals surface area contributed by atoms with E-state index in [1.54, 1.807) is 16.7 Å². The molecule has 8 nitrogen and oxygen atoms in total. The van der Waals surface area contributed by atoms with E-state index in [4.69, 9.17) is 0 Å². The summed E-state index contributed by atoms with van der Waals surface area (Å²) in [6.07, 6.45) is 2.91. The number of carbonyl (C=O) groups excluding carboxylic acids is 3. The number of benzene rings is 2. The Bertz CT molecular complexity index is 1240. The lowest BCUT2D eigenvalue weighted by Crippen LogP contribution is -2.54. The minimum absolute atomic E-state index is 0.0112. The van der Waals surface area contributed by atoms with Crippen LogP contribution in [0.2, 0.25) is 0 Å². The van der Waals surface area contributed by atoms with E-state index < -0.39 is 22.6 Å². The summed E-state index contributed by atoms with van der Waals surface area (Å²) in [6.45, 7) is 8.69. The molecule has 2 aromatic rings. The van der Waals surface area contributed by atoms with Crippen molar-refractivity contribution in [2.45, 2.75) is 62.5 Å². The molecule has 5 rings (SSSR count). The predicted molar refractivity (Wildman–Crippen MR) is 165 cm³/mol. The number of hydrogen-bond acceptors (Lipinski definition) is 6. The summed E-state index contributed by atoms with van der Waals surface area (Å²) in [7, 11) is 0. The lowest BCUT2D eigenvalue weighted by molar-refractivity contribution is -0.138. The highest BCUT2D eigenvalue weighted by Crippen LogP contribution is 2.68. The van der Waals surface area contributed by atoms with Crippen LogP contribution in [0.25, 0.3) is 0 Å². The molecule has 220 valence electrons. The molecule has 3 heterocycles. The number of fused-ring (bicyclic) bond motifs is 1. The Hall–Kier alpha value is -3.04. The third kappa shape index (κ3) is 5.34. The average molecular weight is 579 g/mol. The zero-order valence-corrected chi connectivity index (χ0v) is 25.0. The molecule has 41 heavy (non-hydrogen) atoms. The number of rotatable bonds is 12. The fourth-order valence-corrected chi connectivity index (χ4v) is 9.66. The largest absolute Gasteiger partial charge is 0.396 e. The Labute approximate surface area is 247 Å². The van der Waals surface area contributed by atoms with Gasteiger partial charge in [-0.25, -0.2) is 0 Å². The van der Waals surface area contributed by atoms with Crippen molar-refractivity contribution >= 4 is 46.5 Å². The van der Waals surface area contributed by atoms with Gasteiger partial charge in [-0.3, -0.25) is 14.4 Å². The standard InChI is InChI=1S/C32H42N4O4S/c1-4-35(5-2)24-16-14-23(15-17-24)34-30(39)28-32-21(3)20-25(41-32)26(29(38)33-22-12-8-6-9-13-22)27(32)31(40)36(28)18-10-7-11-19-37/h6,8-9,12-17,21,25-28,37H,4-5,7,10-11,18-20H2,1-3H3,(H,33,38)(H,34,39)/t21?,25-,26+,27-,28?,32?/m0/s1. The highest BCUT2D eigenvalue weighted by atomic mass is 32.2. The lowest BCUT2D eigenvalue weighted by Gasteiger charge is -2.38. The van der Waals surface area contributed by atoms with Crippen LogP contribution in [-0.2, 0) is 14.4 Å². The summed E-state index contributed by atoms with van der Waals surface area (Å²) < 4.78 is -0.664. The number of para-hydroxylation sites is 1. The maximum Gasteiger partial charge on any atom is 0.248 e. The van der Waals surface area contributed by atoms with Crippen LogP contribution in [0.4, 0.5) is 17.1 Å². The third-order valence-electron chi connectivity index (χ3n) is 9.16. The molecular weight excluding hydrogens is 536 g/mol. The maximum absolute atomic E-state index is 14.2. The Kier molecular flexibility index (Phi) is 8.94.